The van der Waals surface area contributed by atoms with Crippen molar-refractivity contribution in [3.05, 3.63) is 53.6 Å². The van der Waals surface area contributed by atoms with E-state index in [-0.39, 0.29) is 6.42 Å². The molecule has 0 aliphatic carbocycles. The highest BCUT2D eigenvalue weighted by molar-refractivity contribution is 7.80. The number of carboxylic acids is 1. The summed E-state index contributed by atoms with van der Waals surface area (Å²) in [6.07, 6.45) is 1.53. The maximum atomic E-state index is 10.8. The van der Waals surface area contributed by atoms with Gasteiger partial charge >= 0.3 is 5.50 Å². The van der Waals surface area contributed by atoms with E-state index in [9.17, 15) is 9.90 Å². The highest BCUT2D eigenvalue weighted by Crippen LogP contribution is 2.26. The number of benzene rings is 2. The van der Waals surface area contributed by atoms with Gasteiger partial charge < -0.3 is 20.1 Å². The Labute approximate surface area is 188 Å². The summed E-state index contributed by atoms with van der Waals surface area (Å²) in [5.41, 5.74) is 5.03. The SMILES string of the molecule is Cc1cccc(C)c1N(CCCNc1cccc([N+]2=NN=NC2S)c1)CCCC(=O)[O-]. The van der Waals surface area contributed by atoms with Crippen LogP contribution < -0.4 is 15.3 Å². The number of hydrogen-bond donors (Lipinski definition) is 2. The Balaban J connectivity index is 1.59. The molecule has 164 valence electrons. The van der Waals surface area contributed by atoms with E-state index in [1.54, 1.807) is 4.70 Å². The van der Waals surface area contributed by atoms with Gasteiger partial charge in [0, 0.05) is 48.2 Å². The van der Waals surface area contributed by atoms with Gasteiger partial charge in [-0.1, -0.05) is 29.0 Å². The van der Waals surface area contributed by atoms with E-state index in [4.69, 9.17) is 0 Å². The van der Waals surface area contributed by atoms with E-state index >= 15 is 0 Å². The van der Waals surface area contributed by atoms with Crippen LogP contribution in [0.25, 0.3) is 0 Å². The molecule has 0 saturated carbocycles. The fourth-order valence-corrected chi connectivity index (χ4v) is 3.93. The number of thiol groups is 1. The largest absolute Gasteiger partial charge is 0.550 e. The molecule has 1 N–H and O–H groups in total. The molecular weight excluding hydrogens is 412 g/mol. The normalized spacial score (nSPS) is 15.1. The standard InChI is InChI=1S/C22H28N6O2S/c1-16-7-3-8-17(2)21(16)27(13-5-11-20(29)30)14-6-12-23-18-9-4-10-19(15-18)28-22(31)24-25-26-28/h3-4,7-10,15,22-23H,5-6,11-14H2,1-2H3,(H-,29,30,31). The summed E-state index contributed by atoms with van der Waals surface area (Å²) in [6, 6.07) is 14.1. The zero-order chi connectivity index (χ0) is 22.2. The lowest BCUT2D eigenvalue weighted by atomic mass is 10.1. The van der Waals surface area contributed by atoms with E-state index in [0.717, 1.165) is 30.9 Å². The molecule has 0 fully saturated rings. The molecule has 0 aromatic heterocycles. The minimum absolute atomic E-state index is 0.0682. The lowest BCUT2D eigenvalue weighted by Gasteiger charge is -2.28. The third-order valence-electron chi connectivity index (χ3n) is 5.12. The lowest BCUT2D eigenvalue weighted by molar-refractivity contribution is -0.515. The fraction of sp³-hybridized carbons (Fsp3) is 0.409. The first-order valence-electron chi connectivity index (χ1n) is 10.4. The second-order valence-corrected chi connectivity index (χ2v) is 7.98. The number of rotatable bonds is 11. The second kappa shape index (κ2) is 10.9. The quantitative estimate of drug-likeness (QED) is 0.315. The summed E-state index contributed by atoms with van der Waals surface area (Å²) in [4.78, 5) is 13.1. The maximum absolute atomic E-state index is 10.8. The molecule has 2 aromatic carbocycles. The minimum atomic E-state index is -1.00. The van der Waals surface area contributed by atoms with Crippen molar-refractivity contribution >= 4 is 35.7 Å². The average Bonchev–Trinajstić information content (AvgIpc) is 3.16. The number of nitrogens with zero attached hydrogens (tertiary/aromatic N) is 5. The van der Waals surface area contributed by atoms with Gasteiger partial charge in [-0.3, -0.25) is 0 Å². The average molecular weight is 441 g/mol. The zero-order valence-electron chi connectivity index (χ0n) is 17.9. The predicted octanol–water partition coefficient (Wildman–Crippen LogP) is 3.83. The fourth-order valence-electron chi connectivity index (χ4n) is 3.71. The van der Waals surface area contributed by atoms with Crippen molar-refractivity contribution in [3.8, 4) is 0 Å². The number of para-hydroxylation sites is 1. The summed E-state index contributed by atoms with van der Waals surface area (Å²) < 4.78 is 1.65. The number of carboxylic acid groups (broad SMARTS) is 1. The summed E-state index contributed by atoms with van der Waals surface area (Å²) in [5.74, 6) is -1.00. The Hall–Kier alpha value is -2.94. The van der Waals surface area contributed by atoms with Crippen LogP contribution in [0.15, 0.2) is 58.0 Å². The molecule has 1 unspecified atom stereocenters. The van der Waals surface area contributed by atoms with Crippen molar-refractivity contribution in [3.63, 3.8) is 0 Å². The Kier molecular flexibility index (Phi) is 8.00. The highest BCUT2D eigenvalue weighted by Gasteiger charge is 2.24. The van der Waals surface area contributed by atoms with E-state index < -0.39 is 11.5 Å². The van der Waals surface area contributed by atoms with Crippen molar-refractivity contribution < 1.29 is 14.6 Å². The number of aryl methyl sites for hydroxylation is 2. The number of nitrogens with one attached hydrogen (secondary N) is 1. The number of anilines is 2. The number of carbonyl (C=O) groups excluding carboxylic acids is 1. The Morgan fingerprint density at radius 1 is 1.16 bits per heavy atom. The van der Waals surface area contributed by atoms with Gasteiger partial charge in [0.2, 0.25) is 5.22 Å². The molecule has 31 heavy (non-hydrogen) atoms. The van der Waals surface area contributed by atoms with Gasteiger partial charge in [0.05, 0.1) is 0 Å². The maximum Gasteiger partial charge on any atom is 0.302 e. The molecule has 0 bridgehead atoms. The molecule has 0 amide bonds. The Morgan fingerprint density at radius 2 is 1.87 bits per heavy atom. The molecule has 1 atom stereocenters. The summed E-state index contributed by atoms with van der Waals surface area (Å²) in [6.45, 7) is 6.47. The monoisotopic (exact) mass is 440 g/mol. The summed E-state index contributed by atoms with van der Waals surface area (Å²) in [7, 11) is 0. The van der Waals surface area contributed by atoms with E-state index in [1.165, 1.54) is 16.8 Å². The third kappa shape index (κ3) is 6.27. The molecular formula is C22H28N6O2S. The molecule has 9 heteroatoms. The van der Waals surface area contributed by atoms with Crippen LogP contribution in [-0.2, 0) is 4.79 Å². The molecule has 0 radical (unpaired) electrons. The van der Waals surface area contributed by atoms with Gasteiger partial charge in [0.1, 0.15) is 0 Å². The Bertz CT molecular complexity index is 958. The number of hydrogen-bond acceptors (Lipinski definition) is 8. The molecule has 1 aliphatic heterocycles. The zero-order valence-corrected chi connectivity index (χ0v) is 18.8. The van der Waals surface area contributed by atoms with Crippen LogP contribution in [0.5, 0.6) is 0 Å². The van der Waals surface area contributed by atoms with E-state index in [0.29, 0.717) is 13.0 Å². The van der Waals surface area contributed by atoms with Crippen molar-refractivity contribution in [2.45, 2.75) is 38.6 Å². The van der Waals surface area contributed by atoms with E-state index in [1.807, 2.05) is 30.3 Å². The minimum Gasteiger partial charge on any atom is -0.550 e. The molecule has 8 nitrogen and oxygen atoms in total. The van der Waals surface area contributed by atoms with Crippen LogP contribution in [0.4, 0.5) is 17.1 Å². The van der Waals surface area contributed by atoms with Gasteiger partial charge in [0.15, 0.2) is 10.9 Å². The van der Waals surface area contributed by atoms with Gasteiger partial charge in [-0.25, -0.2) is 0 Å². The van der Waals surface area contributed by atoms with Gasteiger partial charge in [-0.2, -0.15) is 0 Å². The van der Waals surface area contributed by atoms with Crippen LogP contribution in [0.3, 0.4) is 0 Å². The second-order valence-electron chi connectivity index (χ2n) is 7.52. The molecule has 0 spiro atoms. The summed E-state index contributed by atoms with van der Waals surface area (Å²) >= 11 is 4.34. The smallest absolute Gasteiger partial charge is 0.302 e. The predicted molar refractivity (Wildman–Crippen MR) is 122 cm³/mol. The van der Waals surface area contributed by atoms with Crippen molar-refractivity contribution in [2.24, 2.45) is 15.6 Å². The highest BCUT2D eigenvalue weighted by atomic mass is 32.1. The molecule has 2 aromatic rings. The Morgan fingerprint density at radius 3 is 2.55 bits per heavy atom. The van der Waals surface area contributed by atoms with Crippen LogP contribution in [0.1, 0.15) is 30.4 Å². The lowest BCUT2D eigenvalue weighted by Crippen LogP contribution is -2.30. The van der Waals surface area contributed by atoms with Gasteiger partial charge in [0.25, 0.3) is 0 Å². The van der Waals surface area contributed by atoms with Crippen molar-refractivity contribution in [2.75, 3.05) is 29.9 Å². The number of carbonyl (C=O) groups is 1. The molecule has 1 aliphatic rings. The molecule has 3 rings (SSSR count). The molecule has 1 heterocycles. The van der Waals surface area contributed by atoms with Crippen LogP contribution in [0, 0.1) is 13.8 Å². The first-order valence-corrected chi connectivity index (χ1v) is 10.9. The topological polar surface area (TPSA) is 95.5 Å². The van der Waals surface area contributed by atoms with E-state index in [2.05, 4.69) is 64.4 Å². The van der Waals surface area contributed by atoms with Gasteiger partial charge in [-0.15, -0.1) is 12.6 Å². The number of aliphatic carboxylic acids is 1. The molecule has 0 saturated heterocycles. The van der Waals surface area contributed by atoms with Crippen molar-refractivity contribution in [1.29, 1.82) is 0 Å². The van der Waals surface area contributed by atoms with Crippen LogP contribution in [0.2, 0.25) is 0 Å². The van der Waals surface area contributed by atoms with Crippen LogP contribution in [-0.4, -0.2) is 35.8 Å². The first kappa shape index (κ1) is 22.7. The first-order chi connectivity index (χ1) is 15.0. The van der Waals surface area contributed by atoms with Crippen LogP contribution >= 0.6 is 12.6 Å². The summed E-state index contributed by atoms with van der Waals surface area (Å²) in [5, 5.41) is 25.8. The third-order valence-corrected chi connectivity index (χ3v) is 5.44. The van der Waals surface area contributed by atoms with Crippen molar-refractivity contribution in [1.82, 2.24) is 0 Å². The van der Waals surface area contributed by atoms with Gasteiger partial charge in [-0.05, 0) is 56.4 Å².